The highest BCUT2D eigenvalue weighted by molar-refractivity contribution is 5.92. The third kappa shape index (κ3) is 9.35. The van der Waals surface area contributed by atoms with Crippen LogP contribution in [0.3, 0.4) is 0 Å². The van der Waals surface area contributed by atoms with Crippen LogP contribution in [0.15, 0.2) is 72.8 Å². The monoisotopic (exact) mass is 661 g/mol. The van der Waals surface area contributed by atoms with E-state index in [4.69, 9.17) is 15.6 Å². The third-order valence-electron chi connectivity index (χ3n) is 8.68. The number of hydrogen-bond acceptors (Lipinski definition) is 5. The van der Waals surface area contributed by atoms with Gasteiger partial charge >= 0.3 is 12.1 Å². The first kappa shape index (κ1) is 35.5. The molecule has 252 valence electrons. The Morgan fingerprint density at radius 3 is 2.04 bits per heavy atom. The van der Waals surface area contributed by atoms with E-state index in [9.17, 15) is 36.6 Å². The Balaban J connectivity index is 0.000000644. The third-order valence-corrected chi connectivity index (χ3v) is 8.68. The van der Waals surface area contributed by atoms with Crippen molar-refractivity contribution in [3.8, 4) is 0 Å². The van der Waals surface area contributed by atoms with Crippen LogP contribution in [0.1, 0.15) is 58.6 Å². The first-order chi connectivity index (χ1) is 22.2. The molecule has 5 rings (SSSR count). The van der Waals surface area contributed by atoms with E-state index in [-0.39, 0.29) is 25.1 Å². The average Bonchev–Trinajstić information content (AvgIpc) is 3.26. The molecule has 0 spiro atoms. The van der Waals surface area contributed by atoms with E-state index >= 15 is 0 Å². The van der Waals surface area contributed by atoms with Gasteiger partial charge in [-0.1, -0.05) is 48.5 Å². The zero-order valence-electron chi connectivity index (χ0n) is 25.4. The van der Waals surface area contributed by atoms with Gasteiger partial charge in [0.15, 0.2) is 0 Å². The maximum Gasteiger partial charge on any atom is 0.490 e. The van der Waals surface area contributed by atoms with Crippen LogP contribution in [0, 0.1) is 11.6 Å². The number of carbonyl (C=O) groups excluding carboxylic acids is 2. The second-order valence-electron chi connectivity index (χ2n) is 11.7. The fourth-order valence-electron chi connectivity index (χ4n) is 6.37. The molecule has 2 aliphatic heterocycles. The summed E-state index contributed by atoms with van der Waals surface area (Å²) in [6.45, 7) is 0.533. The number of rotatable bonds is 10. The van der Waals surface area contributed by atoms with Crippen LogP contribution in [0.5, 0.6) is 0 Å². The van der Waals surface area contributed by atoms with Crippen LogP contribution in [0.4, 0.5) is 22.0 Å². The van der Waals surface area contributed by atoms with Gasteiger partial charge in [0.1, 0.15) is 17.7 Å². The summed E-state index contributed by atoms with van der Waals surface area (Å²) in [5, 5.41) is 17.9. The molecular formula is C34H36F5N3O5. The second-order valence-corrected chi connectivity index (χ2v) is 11.7. The summed E-state index contributed by atoms with van der Waals surface area (Å²) in [5.74, 6) is -4.85. The molecule has 3 aromatic rings. The molecule has 0 aromatic heterocycles. The molecule has 2 saturated heterocycles. The van der Waals surface area contributed by atoms with Gasteiger partial charge in [0.25, 0.3) is 5.91 Å². The number of aliphatic hydroxyl groups is 1. The van der Waals surface area contributed by atoms with Gasteiger partial charge in [-0.3, -0.25) is 14.5 Å². The van der Waals surface area contributed by atoms with Crippen molar-refractivity contribution in [3.05, 3.63) is 107 Å². The van der Waals surface area contributed by atoms with Gasteiger partial charge in [0.05, 0.1) is 6.54 Å². The Morgan fingerprint density at radius 2 is 1.49 bits per heavy atom. The molecule has 3 atom stereocenters. The number of alkyl halides is 3. The van der Waals surface area contributed by atoms with Crippen LogP contribution in [-0.2, 0) is 22.6 Å². The molecule has 13 heteroatoms. The lowest BCUT2D eigenvalue weighted by atomic mass is 9.84. The number of primary amides is 1. The summed E-state index contributed by atoms with van der Waals surface area (Å²) < 4.78 is 60.8. The fraction of sp³-hybridized carbons (Fsp3) is 0.382. The van der Waals surface area contributed by atoms with Crippen molar-refractivity contribution in [1.82, 2.24) is 9.80 Å². The maximum absolute atomic E-state index is 14.6. The summed E-state index contributed by atoms with van der Waals surface area (Å²) in [5.41, 5.74) is 7.74. The number of halogens is 5. The summed E-state index contributed by atoms with van der Waals surface area (Å²) in [6, 6.07) is 21.0. The van der Waals surface area contributed by atoms with Gasteiger partial charge in [-0.15, -0.1) is 0 Å². The van der Waals surface area contributed by atoms with Gasteiger partial charge in [-0.05, 0) is 67.0 Å². The molecule has 4 N–H and O–H groups in total. The maximum atomic E-state index is 14.6. The van der Waals surface area contributed by atoms with Gasteiger partial charge in [0.2, 0.25) is 5.91 Å². The average molecular weight is 662 g/mol. The van der Waals surface area contributed by atoms with Crippen LogP contribution in [-0.4, -0.2) is 75.2 Å². The minimum Gasteiger partial charge on any atom is -0.475 e. The molecule has 0 aliphatic carbocycles. The predicted molar refractivity (Wildman–Crippen MR) is 162 cm³/mol. The number of carboxylic acid groups (broad SMARTS) is 1. The van der Waals surface area contributed by atoms with Crippen LogP contribution in [0.2, 0.25) is 0 Å². The van der Waals surface area contributed by atoms with E-state index in [1.54, 1.807) is 6.07 Å². The smallest absolute Gasteiger partial charge is 0.475 e. The Morgan fingerprint density at radius 1 is 0.915 bits per heavy atom. The molecule has 2 amide bonds. The number of hydrogen-bond donors (Lipinski definition) is 3. The highest BCUT2D eigenvalue weighted by atomic mass is 19.4. The van der Waals surface area contributed by atoms with E-state index in [1.165, 1.54) is 23.1 Å². The van der Waals surface area contributed by atoms with Gasteiger partial charge in [-0.2, -0.15) is 13.2 Å². The van der Waals surface area contributed by atoms with Crippen LogP contribution >= 0.6 is 0 Å². The van der Waals surface area contributed by atoms with Gasteiger partial charge < -0.3 is 20.8 Å². The van der Waals surface area contributed by atoms with Crippen LogP contribution < -0.4 is 5.73 Å². The minimum absolute atomic E-state index is 0.122. The van der Waals surface area contributed by atoms with E-state index < -0.39 is 41.7 Å². The molecule has 3 aromatic carbocycles. The van der Waals surface area contributed by atoms with E-state index in [0.29, 0.717) is 30.1 Å². The van der Waals surface area contributed by atoms with Crippen molar-refractivity contribution in [2.24, 2.45) is 5.73 Å². The molecule has 2 fully saturated rings. The normalized spacial score (nSPS) is 19.7. The van der Waals surface area contributed by atoms with Crippen molar-refractivity contribution in [2.45, 2.75) is 68.9 Å². The van der Waals surface area contributed by atoms with Crippen molar-refractivity contribution in [1.29, 1.82) is 0 Å². The van der Waals surface area contributed by atoms with Gasteiger partial charge in [-0.25, -0.2) is 13.6 Å². The molecule has 8 nitrogen and oxygen atoms in total. The second kappa shape index (κ2) is 15.5. The number of aliphatic hydroxyl groups excluding tert-OH is 1. The number of nitrogens with two attached hydrogens (primary N) is 1. The number of fused-ring (bicyclic) bond motifs is 2. The molecule has 2 bridgehead atoms. The first-order valence-electron chi connectivity index (χ1n) is 15.1. The number of amides is 2. The number of nitrogens with zero attached hydrogens (tertiary/aromatic N) is 2. The van der Waals surface area contributed by atoms with Crippen molar-refractivity contribution >= 4 is 17.8 Å². The molecule has 2 aliphatic rings. The molecular weight excluding hydrogens is 625 g/mol. The summed E-state index contributed by atoms with van der Waals surface area (Å²) in [4.78, 5) is 37.8. The number of benzene rings is 3. The quantitative estimate of drug-likeness (QED) is 0.262. The number of carboxylic acids is 1. The molecule has 0 radical (unpaired) electrons. The Kier molecular flexibility index (Phi) is 11.7. The number of carbonyl (C=O) groups is 3. The standard InChI is InChI=1S/C32H35F2N3O3.C2HF3O2/c33-28-10-5-11-29(34)27(28)20-36(32(40)30(38)16-21-6-2-1-3-7-21)14-15-37-25-12-13-26(37)19-24(18-25)22-8-4-9-23(17-22)31(35)39;3-2(4,5)1(6)7/h1-11,17,24-26,30,38H,12-16,18-20H2,(H2,35,39);(H,6,7)/t24?,25?,26?,30-;/m0./s1. The Hall–Kier alpha value is -4.36. The largest absolute Gasteiger partial charge is 0.490 e. The molecule has 2 unspecified atom stereocenters. The Labute approximate surface area is 268 Å². The zero-order valence-corrected chi connectivity index (χ0v) is 25.4. The molecule has 0 saturated carbocycles. The van der Waals surface area contributed by atoms with E-state index in [1.807, 2.05) is 48.5 Å². The lowest BCUT2D eigenvalue weighted by Crippen LogP contribution is -2.48. The minimum atomic E-state index is -5.08. The van der Waals surface area contributed by atoms with Crippen molar-refractivity contribution in [3.63, 3.8) is 0 Å². The highest BCUT2D eigenvalue weighted by Crippen LogP contribution is 2.43. The lowest BCUT2D eigenvalue weighted by Gasteiger charge is -2.40. The summed E-state index contributed by atoms with van der Waals surface area (Å²) >= 11 is 0. The SMILES string of the molecule is NC(=O)c1cccc(C2CC3CCC(C2)N3CCN(Cc2c(F)cccc2F)C(=O)[C@@H](O)Cc2ccccc2)c1.O=C(O)C(F)(F)F. The van der Waals surface area contributed by atoms with Crippen LogP contribution in [0.25, 0.3) is 0 Å². The van der Waals surface area contributed by atoms with Crippen molar-refractivity contribution in [2.75, 3.05) is 13.1 Å². The topological polar surface area (TPSA) is 124 Å². The number of piperidine rings is 1. The molecule has 2 heterocycles. The number of aliphatic carboxylic acids is 1. The zero-order chi connectivity index (χ0) is 34.3. The predicted octanol–water partition coefficient (Wildman–Crippen LogP) is 5.04. The summed E-state index contributed by atoms with van der Waals surface area (Å²) in [6.07, 6.45) is -2.38. The van der Waals surface area contributed by atoms with Crippen molar-refractivity contribution < 1.29 is 46.5 Å². The first-order valence-corrected chi connectivity index (χ1v) is 15.1. The highest BCUT2D eigenvalue weighted by Gasteiger charge is 2.41. The van der Waals surface area contributed by atoms with Gasteiger partial charge in [0, 0.05) is 42.7 Å². The fourth-order valence-corrected chi connectivity index (χ4v) is 6.37. The molecule has 47 heavy (non-hydrogen) atoms. The van der Waals surface area contributed by atoms with E-state index in [2.05, 4.69) is 4.90 Å². The van der Waals surface area contributed by atoms with E-state index in [0.717, 1.165) is 36.8 Å². The lowest BCUT2D eigenvalue weighted by molar-refractivity contribution is -0.192. The Bertz CT molecular complexity index is 1520. The summed E-state index contributed by atoms with van der Waals surface area (Å²) in [7, 11) is 0.